The van der Waals surface area contributed by atoms with E-state index in [2.05, 4.69) is 24.0 Å². The van der Waals surface area contributed by atoms with Crippen molar-refractivity contribution in [1.82, 2.24) is 10.2 Å². The van der Waals surface area contributed by atoms with Gasteiger partial charge in [-0.2, -0.15) is 0 Å². The highest BCUT2D eigenvalue weighted by molar-refractivity contribution is 7.11. The van der Waals surface area contributed by atoms with E-state index in [1.165, 1.54) is 5.01 Å². The minimum Gasteiger partial charge on any atom is -0.328 e. The van der Waals surface area contributed by atoms with Gasteiger partial charge in [0.2, 0.25) is 0 Å². The molecular weight excluding hydrogens is 194 g/mol. The van der Waals surface area contributed by atoms with Crippen molar-refractivity contribution >= 4 is 11.3 Å². The van der Waals surface area contributed by atoms with Crippen molar-refractivity contribution in [3.8, 4) is 0 Å². The largest absolute Gasteiger partial charge is 0.328 e. The monoisotopic (exact) mass is 211 g/mol. The summed E-state index contributed by atoms with van der Waals surface area (Å²) in [6.07, 6.45) is 3.41. The molecule has 0 atom stereocenters. The lowest BCUT2D eigenvalue weighted by molar-refractivity contribution is 0.264. The Morgan fingerprint density at radius 1 is 1.43 bits per heavy atom. The van der Waals surface area contributed by atoms with Gasteiger partial charge in [0.15, 0.2) is 0 Å². The van der Waals surface area contributed by atoms with Gasteiger partial charge in [0.25, 0.3) is 0 Å². The van der Waals surface area contributed by atoms with Crippen molar-refractivity contribution in [3.05, 3.63) is 10.0 Å². The molecule has 3 nitrogen and oxygen atoms in total. The van der Waals surface area contributed by atoms with E-state index in [0.717, 1.165) is 30.2 Å². The predicted molar refractivity (Wildman–Crippen MR) is 58.4 cm³/mol. The zero-order valence-electron chi connectivity index (χ0n) is 8.73. The van der Waals surface area contributed by atoms with Crippen LogP contribution in [0.4, 0.5) is 0 Å². The number of hydrogen-bond donors (Lipinski definition) is 1. The van der Waals surface area contributed by atoms with Crippen molar-refractivity contribution < 1.29 is 0 Å². The molecule has 2 rings (SSSR count). The standard InChI is InChI=1S/C10H17N3S/c1-6(2)10-13-12-9(14-10)5-7-3-8(11)4-7/h6-8H,3-5,11H2,1-2H3. The van der Waals surface area contributed by atoms with Gasteiger partial charge in [-0.05, 0) is 18.8 Å². The van der Waals surface area contributed by atoms with Crippen molar-refractivity contribution in [3.63, 3.8) is 0 Å². The maximum atomic E-state index is 5.74. The van der Waals surface area contributed by atoms with Crippen molar-refractivity contribution in [2.45, 2.75) is 45.1 Å². The maximum Gasteiger partial charge on any atom is 0.119 e. The zero-order chi connectivity index (χ0) is 10.1. The zero-order valence-corrected chi connectivity index (χ0v) is 9.55. The molecular formula is C10H17N3S. The third kappa shape index (κ3) is 2.12. The highest BCUT2D eigenvalue weighted by Crippen LogP contribution is 2.30. The Labute approximate surface area is 88.7 Å². The molecule has 0 radical (unpaired) electrons. The van der Waals surface area contributed by atoms with E-state index in [9.17, 15) is 0 Å². The molecule has 2 N–H and O–H groups in total. The summed E-state index contributed by atoms with van der Waals surface area (Å²) in [7, 11) is 0. The second-order valence-corrected chi connectivity index (χ2v) is 5.58. The lowest BCUT2D eigenvalue weighted by Crippen LogP contribution is -2.37. The van der Waals surface area contributed by atoms with Crippen LogP contribution in [0.1, 0.15) is 42.6 Å². The Balaban J connectivity index is 1.90. The molecule has 0 spiro atoms. The van der Waals surface area contributed by atoms with Crippen LogP contribution in [-0.4, -0.2) is 16.2 Å². The molecule has 1 aliphatic rings. The van der Waals surface area contributed by atoms with E-state index < -0.39 is 0 Å². The first-order valence-electron chi connectivity index (χ1n) is 5.23. The van der Waals surface area contributed by atoms with Crippen LogP contribution in [0.5, 0.6) is 0 Å². The van der Waals surface area contributed by atoms with E-state index in [-0.39, 0.29) is 0 Å². The van der Waals surface area contributed by atoms with Crippen LogP contribution in [-0.2, 0) is 6.42 Å². The molecule has 1 aromatic rings. The summed E-state index contributed by atoms with van der Waals surface area (Å²) in [5, 5.41) is 10.7. The Morgan fingerprint density at radius 3 is 2.64 bits per heavy atom. The van der Waals surface area contributed by atoms with E-state index in [0.29, 0.717) is 12.0 Å². The molecule has 1 aliphatic carbocycles. The first-order valence-corrected chi connectivity index (χ1v) is 6.04. The van der Waals surface area contributed by atoms with Crippen LogP contribution in [0.3, 0.4) is 0 Å². The second-order valence-electron chi connectivity index (χ2n) is 4.49. The minimum absolute atomic E-state index is 0.442. The number of nitrogens with two attached hydrogens (primary N) is 1. The number of hydrogen-bond acceptors (Lipinski definition) is 4. The van der Waals surface area contributed by atoms with E-state index in [1.54, 1.807) is 11.3 Å². The van der Waals surface area contributed by atoms with E-state index in [1.807, 2.05) is 0 Å². The molecule has 0 aromatic carbocycles. The molecule has 1 heterocycles. The molecule has 0 saturated heterocycles. The molecule has 4 heteroatoms. The highest BCUT2D eigenvalue weighted by Gasteiger charge is 2.27. The SMILES string of the molecule is CC(C)c1nnc(CC2CC(N)C2)s1. The Hall–Kier alpha value is -0.480. The van der Waals surface area contributed by atoms with Crippen LogP contribution in [0.15, 0.2) is 0 Å². The van der Waals surface area contributed by atoms with Gasteiger partial charge >= 0.3 is 0 Å². The van der Waals surface area contributed by atoms with Crippen LogP contribution in [0.25, 0.3) is 0 Å². The second kappa shape index (κ2) is 3.95. The first kappa shape index (κ1) is 10.1. The fourth-order valence-electron chi connectivity index (χ4n) is 1.78. The summed E-state index contributed by atoms with van der Waals surface area (Å²) in [6.45, 7) is 4.31. The fraction of sp³-hybridized carbons (Fsp3) is 0.800. The smallest absolute Gasteiger partial charge is 0.119 e. The van der Waals surface area contributed by atoms with Crippen LogP contribution in [0, 0.1) is 5.92 Å². The van der Waals surface area contributed by atoms with Crippen molar-refractivity contribution in [2.24, 2.45) is 11.7 Å². The molecule has 0 amide bonds. The Kier molecular flexibility index (Phi) is 2.83. The quantitative estimate of drug-likeness (QED) is 0.831. The normalized spacial score (nSPS) is 26.6. The van der Waals surface area contributed by atoms with Gasteiger partial charge in [-0.15, -0.1) is 21.5 Å². The van der Waals surface area contributed by atoms with Crippen LogP contribution < -0.4 is 5.73 Å². The predicted octanol–water partition coefficient (Wildman–Crippen LogP) is 1.94. The van der Waals surface area contributed by atoms with Gasteiger partial charge in [-0.25, -0.2) is 0 Å². The highest BCUT2D eigenvalue weighted by atomic mass is 32.1. The number of nitrogens with zero attached hydrogens (tertiary/aromatic N) is 2. The Morgan fingerprint density at radius 2 is 2.14 bits per heavy atom. The maximum absolute atomic E-state index is 5.74. The van der Waals surface area contributed by atoms with Gasteiger partial charge < -0.3 is 5.73 Å². The average molecular weight is 211 g/mol. The van der Waals surface area contributed by atoms with Crippen LogP contribution in [0.2, 0.25) is 0 Å². The van der Waals surface area contributed by atoms with Gasteiger partial charge in [-0.1, -0.05) is 13.8 Å². The molecule has 1 fully saturated rings. The molecule has 0 bridgehead atoms. The van der Waals surface area contributed by atoms with Gasteiger partial charge in [0.05, 0.1) is 0 Å². The summed E-state index contributed by atoms with van der Waals surface area (Å²) in [4.78, 5) is 0. The number of rotatable bonds is 3. The van der Waals surface area contributed by atoms with E-state index in [4.69, 9.17) is 5.73 Å². The molecule has 78 valence electrons. The van der Waals surface area contributed by atoms with Gasteiger partial charge in [0.1, 0.15) is 10.0 Å². The summed E-state index contributed by atoms with van der Waals surface area (Å²) >= 11 is 1.76. The minimum atomic E-state index is 0.442. The molecule has 14 heavy (non-hydrogen) atoms. The summed E-state index contributed by atoms with van der Waals surface area (Å²) in [6, 6.07) is 0.442. The summed E-state index contributed by atoms with van der Waals surface area (Å²) in [5.74, 6) is 1.27. The Bertz CT molecular complexity index is 302. The molecule has 0 aliphatic heterocycles. The number of aromatic nitrogens is 2. The average Bonchev–Trinajstić information content (AvgIpc) is 2.50. The van der Waals surface area contributed by atoms with E-state index >= 15 is 0 Å². The summed E-state index contributed by atoms with van der Waals surface area (Å²) < 4.78 is 0. The lowest BCUT2D eigenvalue weighted by atomic mass is 9.79. The fourth-order valence-corrected chi connectivity index (χ4v) is 2.74. The van der Waals surface area contributed by atoms with Crippen LogP contribution >= 0.6 is 11.3 Å². The first-order chi connectivity index (χ1) is 6.65. The van der Waals surface area contributed by atoms with Gasteiger partial charge in [-0.3, -0.25) is 0 Å². The molecule has 0 unspecified atom stereocenters. The third-order valence-corrected chi connectivity index (χ3v) is 3.96. The molecule has 1 saturated carbocycles. The third-order valence-electron chi connectivity index (χ3n) is 2.71. The summed E-state index contributed by atoms with van der Waals surface area (Å²) in [5.41, 5.74) is 5.74. The topological polar surface area (TPSA) is 51.8 Å². The van der Waals surface area contributed by atoms with Crippen molar-refractivity contribution in [1.29, 1.82) is 0 Å². The van der Waals surface area contributed by atoms with Gasteiger partial charge in [0, 0.05) is 18.4 Å². The molecule has 1 aromatic heterocycles. The van der Waals surface area contributed by atoms with Crippen molar-refractivity contribution in [2.75, 3.05) is 0 Å². The lowest BCUT2D eigenvalue weighted by Gasteiger charge is -2.31.